The highest BCUT2D eigenvalue weighted by Gasteiger charge is 2.03. The Morgan fingerprint density at radius 3 is 2.00 bits per heavy atom. The smallest absolute Gasteiger partial charge is 0.0254 e. The van der Waals surface area contributed by atoms with E-state index in [-0.39, 0.29) is 0 Å². The lowest BCUT2D eigenvalue weighted by molar-refractivity contribution is 0.693. The summed E-state index contributed by atoms with van der Waals surface area (Å²) in [6.07, 6.45) is 6.83. The second-order valence-electron chi connectivity index (χ2n) is 3.61. The third-order valence-corrected chi connectivity index (χ3v) is 2.14. The molecule has 0 nitrogen and oxygen atoms in total. The topological polar surface area (TPSA) is 0 Å². The molecule has 0 aliphatic carbocycles. The molecular weight excluding hydrogens is 168 g/mol. The molecule has 0 heteroatoms. The van der Waals surface area contributed by atoms with Gasteiger partial charge in [0, 0.05) is 0 Å². The van der Waals surface area contributed by atoms with Crippen LogP contribution in [0.1, 0.15) is 61.3 Å². The predicted molar refractivity (Wildman–Crippen MR) is 68.6 cm³/mol. The molecule has 0 radical (unpaired) electrons. The third kappa shape index (κ3) is 6.94. The van der Waals surface area contributed by atoms with Crippen LogP contribution in [0.2, 0.25) is 0 Å². The first kappa shape index (κ1) is 15.9. The lowest BCUT2D eigenvalue weighted by Crippen LogP contribution is -1.96. The second kappa shape index (κ2) is 10.6. The summed E-state index contributed by atoms with van der Waals surface area (Å²) in [5, 5.41) is 0. The highest BCUT2D eigenvalue weighted by molar-refractivity contribution is 5.24. The van der Waals surface area contributed by atoms with Gasteiger partial charge in [-0.1, -0.05) is 64.3 Å². The molecule has 84 valence electrons. The molecule has 0 bridgehead atoms. The van der Waals surface area contributed by atoms with Gasteiger partial charge in [-0.2, -0.15) is 0 Å². The van der Waals surface area contributed by atoms with Crippen molar-refractivity contribution in [2.45, 2.75) is 61.3 Å². The van der Waals surface area contributed by atoms with Crippen LogP contribution in [0.3, 0.4) is 0 Å². The van der Waals surface area contributed by atoms with Crippen LogP contribution in [0.25, 0.3) is 0 Å². The molecule has 0 aromatic rings. The van der Waals surface area contributed by atoms with Gasteiger partial charge in [0.25, 0.3) is 0 Å². The van der Waals surface area contributed by atoms with Crippen LogP contribution in [0.4, 0.5) is 0 Å². The molecule has 0 saturated heterocycles. The van der Waals surface area contributed by atoms with Gasteiger partial charge >= 0.3 is 0 Å². The summed E-state index contributed by atoms with van der Waals surface area (Å²) in [7, 11) is 0. The minimum absolute atomic E-state index is 0.696. The Hall–Kier alpha value is -0.520. The van der Waals surface area contributed by atoms with Gasteiger partial charge in [-0.05, 0) is 26.2 Å². The molecule has 0 rings (SSSR count). The van der Waals surface area contributed by atoms with Gasteiger partial charge in [0.1, 0.15) is 0 Å². The summed E-state index contributed by atoms with van der Waals surface area (Å²) in [5.74, 6) is 0.696. The Morgan fingerprint density at radius 2 is 1.71 bits per heavy atom. The van der Waals surface area contributed by atoms with Crippen molar-refractivity contribution in [2.75, 3.05) is 0 Å². The number of hydrogen-bond donors (Lipinski definition) is 0. The van der Waals surface area contributed by atoms with Crippen molar-refractivity contribution in [1.82, 2.24) is 0 Å². The molecular formula is C14H28. The molecule has 0 amide bonds. The Kier molecular flexibility index (Phi) is 12.0. The molecule has 0 saturated carbocycles. The van der Waals surface area contributed by atoms with Crippen molar-refractivity contribution < 1.29 is 0 Å². The van der Waals surface area contributed by atoms with E-state index in [1.807, 2.05) is 13.8 Å². The van der Waals surface area contributed by atoms with Gasteiger partial charge < -0.3 is 0 Å². The van der Waals surface area contributed by atoms with Crippen molar-refractivity contribution in [3.05, 3.63) is 23.3 Å². The molecule has 0 aliphatic heterocycles. The van der Waals surface area contributed by atoms with Crippen LogP contribution < -0.4 is 0 Å². The van der Waals surface area contributed by atoms with E-state index in [1.54, 1.807) is 5.57 Å². The van der Waals surface area contributed by atoms with E-state index in [0.717, 1.165) is 0 Å². The molecule has 0 unspecified atom stereocenters. The molecule has 0 fully saturated rings. The zero-order valence-corrected chi connectivity index (χ0v) is 11.1. The standard InChI is InChI=1S/C12H22.C2H6/c1-6-8-11(5)12(9-7-2)10(3)4;1-2/h6,8,10H,7,9H2,1-5H3;1-2H3/b8-6-,12-11+;. The summed E-state index contributed by atoms with van der Waals surface area (Å²) in [4.78, 5) is 0. The number of allylic oxidation sites excluding steroid dienone is 4. The first-order chi connectivity index (χ1) is 6.63. The van der Waals surface area contributed by atoms with E-state index in [0.29, 0.717) is 5.92 Å². The Labute approximate surface area is 91.1 Å². The molecule has 0 heterocycles. The van der Waals surface area contributed by atoms with Crippen LogP contribution in [-0.2, 0) is 0 Å². The minimum atomic E-state index is 0.696. The van der Waals surface area contributed by atoms with Crippen LogP contribution in [0, 0.1) is 5.92 Å². The van der Waals surface area contributed by atoms with Gasteiger partial charge in [0.05, 0.1) is 0 Å². The van der Waals surface area contributed by atoms with Crippen LogP contribution in [0.5, 0.6) is 0 Å². The normalized spacial score (nSPS) is 12.6. The van der Waals surface area contributed by atoms with Gasteiger partial charge in [0.2, 0.25) is 0 Å². The molecule has 0 atom stereocenters. The van der Waals surface area contributed by atoms with Gasteiger partial charge in [0.15, 0.2) is 0 Å². The monoisotopic (exact) mass is 196 g/mol. The van der Waals surface area contributed by atoms with Crippen molar-refractivity contribution in [1.29, 1.82) is 0 Å². The van der Waals surface area contributed by atoms with Crippen molar-refractivity contribution in [3.8, 4) is 0 Å². The summed E-state index contributed by atoms with van der Waals surface area (Å²) in [6, 6.07) is 0. The first-order valence-electron chi connectivity index (χ1n) is 5.95. The van der Waals surface area contributed by atoms with Gasteiger partial charge in [-0.15, -0.1) is 0 Å². The minimum Gasteiger partial charge on any atom is -0.0874 e. The van der Waals surface area contributed by atoms with Crippen molar-refractivity contribution >= 4 is 0 Å². The number of hydrogen-bond acceptors (Lipinski definition) is 0. The zero-order valence-electron chi connectivity index (χ0n) is 11.1. The fraction of sp³-hybridized carbons (Fsp3) is 0.714. The van der Waals surface area contributed by atoms with Crippen molar-refractivity contribution in [3.63, 3.8) is 0 Å². The van der Waals surface area contributed by atoms with E-state index in [9.17, 15) is 0 Å². The molecule has 0 aromatic carbocycles. The summed E-state index contributed by atoms with van der Waals surface area (Å²) in [6.45, 7) is 15.1. The van der Waals surface area contributed by atoms with Crippen LogP contribution in [-0.4, -0.2) is 0 Å². The van der Waals surface area contributed by atoms with E-state index in [4.69, 9.17) is 0 Å². The lowest BCUT2D eigenvalue weighted by Gasteiger charge is -2.12. The first-order valence-corrected chi connectivity index (χ1v) is 5.95. The van der Waals surface area contributed by atoms with Crippen molar-refractivity contribution in [2.24, 2.45) is 5.92 Å². The molecule has 0 spiro atoms. The SMILES string of the molecule is C/C=C\C(C)=C(/CCC)C(C)C.CC. The Balaban J connectivity index is 0. The molecule has 14 heavy (non-hydrogen) atoms. The zero-order chi connectivity index (χ0) is 11.6. The highest BCUT2D eigenvalue weighted by Crippen LogP contribution is 2.20. The van der Waals surface area contributed by atoms with Crippen LogP contribution >= 0.6 is 0 Å². The highest BCUT2D eigenvalue weighted by atomic mass is 14.1. The maximum atomic E-state index is 2.28. The molecule has 0 aromatic heterocycles. The number of rotatable bonds is 4. The summed E-state index contributed by atoms with van der Waals surface area (Å²) >= 11 is 0. The fourth-order valence-electron chi connectivity index (χ4n) is 1.57. The second-order valence-corrected chi connectivity index (χ2v) is 3.61. The molecule has 0 N–H and O–H groups in total. The van der Waals surface area contributed by atoms with Crippen LogP contribution in [0.15, 0.2) is 23.3 Å². The van der Waals surface area contributed by atoms with E-state index < -0.39 is 0 Å². The average molecular weight is 196 g/mol. The molecule has 0 aliphatic rings. The van der Waals surface area contributed by atoms with E-state index >= 15 is 0 Å². The van der Waals surface area contributed by atoms with E-state index in [1.165, 1.54) is 18.4 Å². The summed E-state index contributed by atoms with van der Waals surface area (Å²) < 4.78 is 0. The third-order valence-electron chi connectivity index (χ3n) is 2.14. The largest absolute Gasteiger partial charge is 0.0874 e. The lowest BCUT2D eigenvalue weighted by atomic mass is 9.94. The fourth-order valence-corrected chi connectivity index (χ4v) is 1.57. The predicted octanol–water partition coefficient (Wildman–Crippen LogP) is 5.36. The maximum Gasteiger partial charge on any atom is -0.0254 e. The summed E-state index contributed by atoms with van der Waals surface area (Å²) in [5.41, 5.74) is 3.06. The maximum absolute atomic E-state index is 2.28. The Morgan fingerprint density at radius 1 is 1.21 bits per heavy atom. The Bertz CT molecular complexity index is 170. The van der Waals surface area contributed by atoms with Gasteiger partial charge in [-0.3, -0.25) is 0 Å². The van der Waals surface area contributed by atoms with Gasteiger partial charge in [-0.25, -0.2) is 0 Å². The quantitative estimate of drug-likeness (QED) is 0.531. The average Bonchev–Trinajstić information content (AvgIpc) is 2.17. The van der Waals surface area contributed by atoms with E-state index in [2.05, 4.69) is 46.8 Å².